The topological polar surface area (TPSA) is 64.7 Å². The van der Waals surface area contributed by atoms with Crippen molar-refractivity contribution in [3.8, 4) is 11.5 Å². The number of thioether (sulfide) groups is 1. The Morgan fingerprint density at radius 1 is 1.12 bits per heavy atom. The lowest BCUT2D eigenvalue weighted by Gasteiger charge is -1.98. The second kappa shape index (κ2) is 7.99. The van der Waals surface area contributed by atoms with Crippen molar-refractivity contribution in [2.75, 3.05) is 0 Å². The lowest BCUT2D eigenvalue weighted by Crippen LogP contribution is -1.88. The number of pyridine rings is 1. The molecule has 8 heteroatoms. The number of hydrogen-bond acceptors (Lipinski definition) is 7. The number of aromatic nitrogens is 4. The first kappa shape index (κ1) is 17.2. The Bertz CT molecular complexity index is 986. The Morgan fingerprint density at radius 3 is 2.81 bits per heavy atom. The van der Waals surface area contributed by atoms with Gasteiger partial charge in [-0.2, -0.15) is 0 Å². The van der Waals surface area contributed by atoms with E-state index in [1.165, 1.54) is 17.3 Å². The van der Waals surface area contributed by atoms with E-state index in [-0.39, 0.29) is 0 Å². The summed E-state index contributed by atoms with van der Waals surface area (Å²) in [5.41, 5.74) is 3.01. The van der Waals surface area contributed by atoms with Crippen LogP contribution < -0.4 is 0 Å². The van der Waals surface area contributed by atoms with Crippen LogP contribution in [0.1, 0.15) is 16.3 Å². The van der Waals surface area contributed by atoms with Gasteiger partial charge in [-0.25, -0.2) is 4.98 Å². The number of benzene rings is 1. The van der Waals surface area contributed by atoms with Gasteiger partial charge in [-0.3, -0.25) is 4.98 Å². The van der Waals surface area contributed by atoms with Crippen LogP contribution in [0.2, 0.25) is 5.02 Å². The van der Waals surface area contributed by atoms with E-state index < -0.39 is 0 Å². The molecule has 0 saturated carbocycles. The molecule has 4 aromatic rings. The van der Waals surface area contributed by atoms with E-state index in [9.17, 15) is 0 Å². The minimum absolute atomic E-state index is 0.474. The van der Waals surface area contributed by atoms with Crippen molar-refractivity contribution in [3.05, 3.63) is 75.5 Å². The van der Waals surface area contributed by atoms with Gasteiger partial charge in [0, 0.05) is 35.0 Å². The third-order valence-electron chi connectivity index (χ3n) is 3.53. The number of thiazole rings is 1. The molecule has 0 fully saturated rings. The normalized spacial score (nSPS) is 11.0. The predicted octanol–water partition coefficient (Wildman–Crippen LogP) is 5.12. The Labute approximate surface area is 163 Å². The summed E-state index contributed by atoms with van der Waals surface area (Å²) in [6.07, 6.45) is 4.21. The highest BCUT2D eigenvalue weighted by atomic mass is 35.5. The summed E-state index contributed by atoms with van der Waals surface area (Å²) in [6.45, 7) is 0. The second-order valence-corrected chi connectivity index (χ2v) is 7.75. The first-order valence-corrected chi connectivity index (χ1v) is 10.0. The molecule has 0 aliphatic rings. The highest BCUT2D eigenvalue weighted by molar-refractivity contribution is 7.98. The van der Waals surface area contributed by atoms with Crippen LogP contribution in [0.4, 0.5) is 0 Å². The van der Waals surface area contributed by atoms with Crippen molar-refractivity contribution < 1.29 is 4.42 Å². The molecule has 3 heterocycles. The smallest absolute Gasteiger partial charge is 0.277 e. The SMILES string of the molecule is Clc1ccc(Cc2nc(CSc3nnc(-c4cccnc4)o3)cs2)cc1. The largest absolute Gasteiger partial charge is 0.411 e. The van der Waals surface area contributed by atoms with Gasteiger partial charge in [-0.05, 0) is 29.8 Å². The van der Waals surface area contributed by atoms with Crippen molar-refractivity contribution in [2.45, 2.75) is 17.4 Å². The summed E-state index contributed by atoms with van der Waals surface area (Å²) in [7, 11) is 0. The van der Waals surface area contributed by atoms with Crippen molar-refractivity contribution >= 4 is 34.7 Å². The Kier molecular flexibility index (Phi) is 5.29. The molecule has 0 aliphatic carbocycles. The average Bonchev–Trinajstić information content (AvgIpc) is 3.32. The van der Waals surface area contributed by atoms with E-state index in [1.807, 2.05) is 36.4 Å². The average molecular weight is 401 g/mol. The highest BCUT2D eigenvalue weighted by Gasteiger charge is 2.10. The maximum atomic E-state index is 5.92. The molecule has 0 unspecified atom stereocenters. The molecule has 0 amide bonds. The van der Waals surface area contributed by atoms with E-state index in [0.29, 0.717) is 16.9 Å². The fourth-order valence-electron chi connectivity index (χ4n) is 2.28. The molecule has 5 nitrogen and oxygen atoms in total. The predicted molar refractivity (Wildman–Crippen MR) is 103 cm³/mol. The molecule has 130 valence electrons. The number of hydrogen-bond donors (Lipinski definition) is 0. The Morgan fingerprint density at radius 2 is 2.00 bits per heavy atom. The molecule has 26 heavy (non-hydrogen) atoms. The van der Waals surface area contributed by atoms with Gasteiger partial charge in [0.2, 0.25) is 5.89 Å². The maximum absolute atomic E-state index is 5.92. The molecule has 0 radical (unpaired) electrons. The van der Waals surface area contributed by atoms with Crippen LogP contribution >= 0.6 is 34.7 Å². The van der Waals surface area contributed by atoms with Gasteiger partial charge in [0.25, 0.3) is 5.22 Å². The molecule has 0 bridgehead atoms. The van der Waals surface area contributed by atoms with Gasteiger partial charge in [0.1, 0.15) is 0 Å². The fraction of sp³-hybridized carbons (Fsp3) is 0.111. The standard InChI is InChI=1S/C18H13ClN4OS2/c19-14-5-3-12(4-6-14)8-16-21-15(10-25-16)11-26-18-23-22-17(24-18)13-2-1-7-20-9-13/h1-7,9-10H,8,11H2. The molecule has 0 saturated heterocycles. The first-order valence-electron chi connectivity index (χ1n) is 7.81. The molecule has 0 spiro atoms. The summed E-state index contributed by atoms with van der Waals surface area (Å²) in [6, 6.07) is 11.6. The Hall–Kier alpha value is -2.22. The van der Waals surface area contributed by atoms with E-state index in [4.69, 9.17) is 16.0 Å². The molecule has 0 atom stereocenters. The summed E-state index contributed by atoms with van der Waals surface area (Å²) in [4.78, 5) is 8.73. The highest BCUT2D eigenvalue weighted by Crippen LogP contribution is 2.26. The van der Waals surface area contributed by atoms with Crippen LogP contribution in [0.3, 0.4) is 0 Å². The third-order valence-corrected chi connectivity index (χ3v) is 5.53. The molecule has 0 N–H and O–H groups in total. The van der Waals surface area contributed by atoms with Gasteiger partial charge in [-0.15, -0.1) is 21.5 Å². The zero-order chi connectivity index (χ0) is 17.8. The van der Waals surface area contributed by atoms with Crippen LogP contribution in [-0.2, 0) is 12.2 Å². The first-order chi connectivity index (χ1) is 12.8. The maximum Gasteiger partial charge on any atom is 0.277 e. The molecule has 4 rings (SSSR count). The summed E-state index contributed by atoms with van der Waals surface area (Å²) >= 11 is 9.05. The van der Waals surface area contributed by atoms with E-state index in [0.717, 1.165) is 27.7 Å². The van der Waals surface area contributed by atoms with Gasteiger partial charge in [0.05, 0.1) is 16.3 Å². The quantitative estimate of drug-likeness (QED) is 0.418. The summed E-state index contributed by atoms with van der Waals surface area (Å²) in [5.74, 6) is 1.16. The van der Waals surface area contributed by atoms with Crippen molar-refractivity contribution in [3.63, 3.8) is 0 Å². The van der Waals surface area contributed by atoms with E-state index in [1.54, 1.807) is 23.7 Å². The lowest BCUT2D eigenvalue weighted by atomic mass is 10.2. The van der Waals surface area contributed by atoms with Gasteiger partial charge >= 0.3 is 0 Å². The number of rotatable bonds is 6. The molecular weight excluding hydrogens is 388 g/mol. The minimum Gasteiger partial charge on any atom is -0.411 e. The summed E-state index contributed by atoms with van der Waals surface area (Å²) in [5, 5.41) is 12.5. The van der Waals surface area contributed by atoms with Crippen molar-refractivity contribution in [1.82, 2.24) is 20.2 Å². The zero-order valence-electron chi connectivity index (χ0n) is 13.5. The van der Waals surface area contributed by atoms with Gasteiger partial charge < -0.3 is 4.42 Å². The van der Waals surface area contributed by atoms with Crippen LogP contribution in [0.15, 0.2) is 63.8 Å². The second-order valence-electron chi connectivity index (χ2n) is 5.44. The van der Waals surface area contributed by atoms with Crippen LogP contribution in [0.25, 0.3) is 11.5 Å². The number of nitrogens with zero attached hydrogens (tertiary/aromatic N) is 4. The molecule has 3 aromatic heterocycles. The van der Waals surface area contributed by atoms with E-state index in [2.05, 4.69) is 25.5 Å². The minimum atomic E-state index is 0.474. The van der Waals surface area contributed by atoms with Crippen molar-refractivity contribution in [1.29, 1.82) is 0 Å². The Balaban J connectivity index is 1.36. The molecule has 0 aliphatic heterocycles. The zero-order valence-corrected chi connectivity index (χ0v) is 15.9. The summed E-state index contributed by atoms with van der Waals surface area (Å²) < 4.78 is 5.67. The van der Waals surface area contributed by atoms with Gasteiger partial charge in [-0.1, -0.05) is 35.5 Å². The lowest BCUT2D eigenvalue weighted by molar-refractivity contribution is 0.465. The molecule has 1 aromatic carbocycles. The monoisotopic (exact) mass is 400 g/mol. The van der Waals surface area contributed by atoms with Crippen LogP contribution in [-0.4, -0.2) is 20.2 Å². The third kappa shape index (κ3) is 4.30. The van der Waals surface area contributed by atoms with Crippen molar-refractivity contribution in [2.24, 2.45) is 0 Å². The fourth-order valence-corrected chi connectivity index (χ4v) is 4.00. The molecular formula is C18H13ClN4OS2. The van der Waals surface area contributed by atoms with Crippen LogP contribution in [0.5, 0.6) is 0 Å². The van der Waals surface area contributed by atoms with Crippen LogP contribution in [0, 0.1) is 0 Å². The van der Waals surface area contributed by atoms with E-state index >= 15 is 0 Å². The number of halogens is 1. The van der Waals surface area contributed by atoms with Gasteiger partial charge in [0.15, 0.2) is 0 Å².